The van der Waals surface area contributed by atoms with E-state index in [-0.39, 0.29) is 31.7 Å². The van der Waals surface area contributed by atoms with E-state index in [1.807, 2.05) is 0 Å². The van der Waals surface area contributed by atoms with Gasteiger partial charge in [0.1, 0.15) is 6.10 Å². The highest BCUT2D eigenvalue weighted by Gasteiger charge is 2.63. The van der Waals surface area contributed by atoms with E-state index in [4.69, 9.17) is 18.9 Å². The van der Waals surface area contributed by atoms with Crippen molar-refractivity contribution < 1.29 is 28.5 Å². The molecule has 0 N–H and O–H groups in total. The number of hydrogen-bond donors (Lipinski definition) is 0. The molecule has 0 radical (unpaired) electrons. The first kappa shape index (κ1) is 20.5. The van der Waals surface area contributed by atoms with Crippen LogP contribution in [0.25, 0.3) is 0 Å². The van der Waals surface area contributed by atoms with E-state index in [9.17, 15) is 9.59 Å². The normalized spacial score (nSPS) is 37.8. The monoisotopic (exact) mass is 418 g/mol. The average molecular weight is 419 g/mol. The Morgan fingerprint density at radius 3 is 2.50 bits per heavy atom. The molecule has 5 rings (SSSR count). The summed E-state index contributed by atoms with van der Waals surface area (Å²) < 4.78 is 23.9. The lowest BCUT2D eigenvalue weighted by Crippen LogP contribution is -2.57. The SMILES string of the molecule is C=C(C)C(=O)OC1(CC(=O)OC2CCC34CC2CC3C4)COC2(CCCCC2)OC1. The van der Waals surface area contributed by atoms with Crippen molar-refractivity contribution in [3.63, 3.8) is 0 Å². The van der Waals surface area contributed by atoms with Gasteiger partial charge in [0.15, 0.2) is 11.4 Å². The Morgan fingerprint density at radius 1 is 1.07 bits per heavy atom. The van der Waals surface area contributed by atoms with Crippen molar-refractivity contribution in [2.24, 2.45) is 17.3 Å². The van der Waals surface area contributed by atoms with Crippen LogP contribution in [0.5, 0.6) is 0 Å². The molecule has 30 heavy (non-hydrogen) atoms. The summed E-state index contributed by atoms with van der Waals surface area (Å²) in [6.45, 7) is 5.58. The van der Waals surface area contributed by atoms with Crippen molar-refractivity contribution in [2.45, 2.75) is 95.0 Å². The van der Waals surface area contributed by atoms with Crippen LogP contribution in [0, 0.1) is 17.3 Å². The van der Waals surface area contributed by atoms with Crippen molar-refractivity contribution in [3.8, 4) is 0 Å². The molecule has 0 amide bonds. The van der Waals surface area contributed by atoms with Gasteiger partial charge in [-0.2, -0.15) is 0 Å². The number of carbonyl (C=O) groups is 2. The number of hydrogen-bond acceptors (Lipinski definition) is 6. The largest absolute Gasteiger partial charge is 0.462 e. The molecule has 1 saturated heterocycles. The molecule has 1 aliphatic heterocycles. The second kappa shape index (κ2) is 7.33. The van der Waals surface area contributed by atoms with Gasteiger partial charge in [-0.3, -0.25) is 4.79 Å². The minimum absolute atomic E-state index is 0.0000639. The fraction of sp³-hybridized carbons (Fsp3) is 0.833. The number of rotatable bonds is 5. The van der Waals surface area contributed by atoms with Crippen LogP contribution in [0.2, 0.25) is 0 Å². The van der Waals surface area contributed by atoms with Gasteiger partial charge in [0.05, 0.1) is 19.6 Å². The summed E-state index contributed by atoms with van der Waals surface area (Å²) in [5.41, 5.74) is -0.266. The van der Waals surface area contributed by atoms with Gasteiger partial charge in [0.2, 0.25) is 0 Å². The van der Waals surface area contributed by atoms with Gasteiger partial charge in [-0.25, -0.2) is 4.79 Å². The van der Waals surface area contributed by atoms with E-state index in [1.165, 1.54) is 32.1 Å². The molecular formula is C24H34O6. The van der Waals surface area contributed by atoms with Gasteiger partial charge in [-0.05, 0) is 69.1 Å². The lowest BCUT2D eigenvalue weighted by molar-refractivity contribution is -0.329. The smallest absolute Gasteiger partial charge is 0.333 e. The Balaban J connectivity index is 1.23. The Hall–Kier alpha value is -1.40. The summed E-state index contributed by atoms with van der Waals surface area (Å²) >= 11 is 0. The van der Waals surface area contributed by atoms with Crippen molar-refractivity contribution in [2.75, 3.05) is 13.2 Å². The predicted octanol–water partition coefficient (Wildman–Crippen LogP) is 4.06. The van der Waals surface area contributed by atoms with Crippen LogP contribution in [0.4, 0.5) is 0 Å². The molecule has 6 nitrogen and oxygen atoms in total. The van der Waals surface area contributed by atoms with Gasteiger partial charge in [-0.1, -0.05) is 13.0 Å². The molecule has 1 heterocycles. The number of ether oxygens (including phenoxy) is 4. The van der Waals surface area contributed by atoms with Gasteiger partial charge in [-0.15, -0.1) is 0 Å². The number of esters is 2. The van der Waals surface area contributed by atoms with E-state index in [0.717, 1.165) is 38.0 Å². The molecule has 4 atom stereocenters. The maximum absolute atomic E-state index is 12.9. The minimum atomic E-state index is -1.15. The maximum Gasteiger partial charge on any atom is 0.333 e. The van der Waals surface area contributed by atoms with E-state index in [1.54, 1.807) is 6.92 Å². The quantitative estimate of drug-likeness (QED) is 0.495. The third-order valence-electron chi connectivity index (χ3n) is 8.29. The summed E-state index contributed by atoms with van der Waals surface area (Å²) in [6.07, 6.45) is 10.9. The molecule has 4 saturated carbocycles. The fourth-order valence-electron chi connectivity index (χ4n) is 6.44. The standard InChI is InChI=1S/C24H34O6/c1-16(2)21(26)30-23(14-27-24(28-15-23)7-4-3-5-8-24)13-20(25)29-19-6-9-22-11-17(19)10-18(22)12-22/h17-19H,1,3-15H2,2H3. The van der Waals surface area contributed by atoms with Crippen molar-refractivity contribution in [1.29, 1.82) is 0 Å². The van der Waals surface area contributed by atoms with Gasteiger partial charge in [0, 0.05) is 18.4 Å². The average Bonchev–Trinajstić information content (AvgIpc) is 3.29. The molecule has 5 fully saturated rings. The molecule has 2 bridgehead atoms. The predicted molar refractivity (Wildman–Crippen MR) is 108 cm³/mol. The van der Waals surface area contributed by atoms with Crippen LogP contribution in [-0.4, -0.2) is 42.6 Å². The van der Waals surface area contributed by atoms with Crippen molar-refractivity contribution >= 4 is 11.9 Å². The van der Waals surface area contributed by atoms with Gasteiger partial charge >= 0.3 is 11.9 Å². The number of carbonyl (C=O) groups excluding carboxylic acids is 2. The van der Waals surface area contributed by atoms with Crippen molar-refractivity contribution in [1.82, 2.24) is 0 Å². The highest BCUT2D eigenvalue weighted by Crippen LogP contribution is 2.71. The van der Waals surface area contributed by atoms with Crippen LogP contribution in [0.15, 0.2) is 12.2 Å². The summed E-state index contributed by atoms with van der Waals surface area (Å²) in [7, 11) is 0. The van der Waals surface area contributed by atoms with Crippen LogP contribution in [-0.2, 0) is 28.5 Å². The first-order valence-corrected chi connectivity index (χ1v) is 11.7. The first-order chi connectivity index (χ1) is 14.3. The molecule has 4 unspecified atom stereocenters. The zero-order chi connectivity index (χ0) is 21.0. The summed E-state index contributed by atoms with van der Waals surface area (Å²) in [4.78, 5) is 25.2. The van der Waals surface area contributed by atoms with E-state index in [2.05, 4.69) is 6.58 Å². The van der Waals surface area contributed by atoms with Gasteiger partial charge in [0.25, 0.3) is 0 Å². The highest BCUT2D eigenvalue weighted by atomic mass is 16.7. The molecule has 166 valence electrons. The molecule has 0 aromatic rings. The summed E-state index contributed by atoms with van der Waals surface area (Å²) in [6, 6.07) is 0. The summed E-state index contributed by atoms with van der Waals surface area (Å²) in [5, 5.41) is 0. The Bertz CT molecular complexity index is 728. The second-order valence-electron chi connectivity index (χ2n) is 10.6. The lowest BCUT2D eigenvalue weighted by Gasteiger charge is -2.47. The molecule has 0 aromatic heterocycles. The molecule has 5 aliphatic rings. The van der Waals surface area contributed by atoms with E-state index in [0.29, 0.717) is 16.9 Å². The molecular weight excluding hydrogens is 384 g/mol. The highest BCUT2D eigenvalue weighted by molar-refractivity contribution is 5.87. The van der Waals surface area contributed by atoms with Crippen molar-refractivity contribution in [3.05, 3.63) is 12.2 Å². The maximum atomic E-state index is 12.9. The Morgan fingerprint density at radius 2 is 1.80 bits per heavy atom. The summed E-state index contributed by atoms with van der Waals surface area (Å²) in [5.74, 6) is -0.0762. The third kappa shape index (κ3) is 3.70. The molecule has 6 heteroatoms. The fourth-order valence-corrected chi connectivity index (χ4v) is 6.44. The van der Waals surface area contributed by atoms with Crippen LogP contribution >= 0.6 is 0 Å². The third-order valence-corrected chi connectivity index (χ3v) is 8.29. The van der Waals surface area contributed by atoms with Crippen LogP contribution in [0.3, 0.4) is 0 Å². The zero-order valence-electron chi connectivity index (χ0n) is 18.1. The van der Waals surface area contributed by atoms with E-state index < -0.39 is 17.4 Å². The zero-order valence-corrected chi connectivity index (χ0v) is 18.1. The second-order valence-corrected chi connectivity index (χ2v) is 10.6. The van der Waals surface area contributed by atoms with Crippen LogP contribution in [0.1, 0.15) is 77.6 Å². The molecule has 2 spiro atoms. The lowest BCUT2D eigenvalue weighted by atomic mass is 9.81. The Labute approximate surface area is 178 Å². The van der Waals surface area contributed by atoms with Crippen LogP contribution < -0.4 is 0 Å². The van der Waals surface area contributed by atoms with E-state index >= 15 is 0 Å². The number of fused-ring (bicyclic) bond motifs is 1. The topological polar surface area (TPSA) is 71.1 Å². The van der Waals surface area contributed by atoms with Gasteiger partial charge < -0.3 is 18.9 Å². The first-order valence-electron chi connectivity index (χ1n) is 11.7. The minimum Gasteiger partial charge on any atom is -0.462 e. The Kier molecular flexibility index (Phi) is 5.01. The molecule has 0 aromatic carbocycles. The molecule has 4 aliphatic carbocycles.